The molecule has 0 aliphatic carbocycles. The number of rotatable bonds is 5. The Morgan fingerprint density at radius 3 is 2.61 bits per heavy atom. The van der Waals surface area contributed by atoms with Gasteiger partial charge in [-0.2, -0.15) is 5.10 Å². The summed E-state index contributed by atoms with van der Waals surface area (Å²) in [5.41, 5.74) is 1.18. The van der Waals surface area contributed by atoms with Gasteiger partial charge < -0.3 is 9.47 Å². The fourth-order valence-corrected chi connectivity index (χ4v) is 2.59. The Balaban J connectivity index is 2.00. The number of para-hydroxylation sites is 1. The maximum atomic E-state index is 12.7. The van der Waals surface area contributed by atoms with E-state index in [1.807, 2.05) is 0 Å². The molecule has 0 saturated heterocycles. The van der Waals surface area contributed by atoms with Crippen molar-refractivity contribution in [2.75, 3.05) is 6.61 Å². The van der Waals surface area contributed by atoms with Gasteiger partial charge in [0.15, 0.2) is 11.5 Å². The molecule has 0 amide bonds. The first kappa shape index (κ1) is 19.4. The zero-order chi connectivity index (χ0) is 20.3. The number of pyridine rings is 1. The van der Waals surface area contributed by atoms with E-state index in [1.54, 1.807) is 44.2 Å². The lowest BCUT2D eigenvalue weighted by molar-refractivity contribution is -0.274. The number of carbonyl (C=O) groups excluding carboxylic acids is 1. The molecule has 0 spiro atoms. The molecular weight excluding hydrogens is 375 g/mol. The Kier molecular flexibility index (Phi) is 5.34. The van der Waals surface area contributed by atoms with Crippen LogP contribution in [-0.4, -0.2) is 33.7 Å². The fourth-order valence-electron chi connectivity index (χ4n) is 2.59. The number of aromatic nitrogens is 3. The van der Waals surface area contributed by atoms with Crippen LogP contribution >= 0.6 is 0 Å². The molecule has 146 valence electrons. The van der Waals surface area contributed by atoms with E-state index in [1.165, 1.54) is 22.9 Å². The third-order valence-electron chi connectivity index (χ3n) is 3.71. The summed E-state index contributed by atoms with van der Waals surface area (Å²) in [5, 5.41) is 4.18. The molecule has 0 fully saturated rings. The van der Waals surface area contributed by atoms with Gasteiger partial charge in [-0.25, -0.2) is 14.5 Å². The number of nitrogens with zero attached hydrogens (tertiary/aromatic N) is 3. The highest BCUT2D eigenvalue weighted by Crippen LogP contribution is 2.33. The topological polar surface area (TPSA) is 66.2 Å². The molecule has 0 saturated carbocycles. The van der Waals surface area contributed by atoms with Crippen LogP contribution in [0.1, 0.15) is 23.1 Å². The van der Waals surface area contributed by atoms with Crippen molar-refractivity contribution in [2.45, 2.75) is 20.2 Å². The SMILES string of the molecule is CCOC(=O)c1cc(C)n(-c2cccc(-c3ccccc3OC(F)(F)F)n2)n1. The zero-order valence-electron chi connectivity index (χ0n) is 15.0. The van der Waals surface area contributed by atoms with E-state index in [0.29, 0.717) is 11.5 Å². The largest absolute Gasteiger partial charge is 0.573 e. The standard InChI is InChI=1S/C19H16F3N3O3/c1-3-27-18(26)15-11-12(2)25(24-15)17-10-6-8-14(23-17)13-7-4-5-9-16(13)28-19(20,21)22/h4-11H,3H2,1-2H3. The van der Waals surface area contributed by atoms with Crippen molar-refractivity contribution < 1.29 is 27.4 Å². The van der Waals surface area contributed by atoms with E-state index in [0.717, 1.165) is 0 Å². The Hall–Kier alpha value is -3.36. The monoisotopic (exact) mass is 391 g/mol. The Morgan fingerprint density at radius 2 is 1.89 bits per heavy atom. The van der Waals surface area contributed by atoms with Gasteiger partial charge >= 0.3 is 12.3 Å². The smallest absolute Gasteiger partial charge is 0.461 e. The number of ether oxygens (including phenoxy) is 2. The molecule has 0 bridgehead atoms. The lowest BCUT2D eigenvalue weighted by Crippen LogP contribution is -2.17. The Morgan fingerprint density at radius 1 is 1.14 bits per heavy atom. The second-order valence-corrected chi connectivity index (χ2v) is 5.73. The van der Waals surface area contributed by atoms with Crippen molar-refractivity contribution in [3.8, 4) is 22.8 Å². The second-order valence-electron chi connectivity index (χ2n) is 5.73. The predicted molar refractivity (Wildman–Crippen MR) is 94.2 cm³/mol. The van der Waals surface area contributed by atoms with Crippen LogP contribution in [0.25, 0.3) is 17.1 Å². The van der Waals surface area contributed by atoms with E-state index in [4.69, 9.17) is 4.74 Å². The molecule has 0 aliphatic rings. The highest BCUT2D eigenvalue weighted by Gasteiger charge is 2.32. The van der Waals surface area contributed by atoms with Gasteiger partial charge in [0.25, 0.3) is 0 Å². The van der Waals surface area contributed by atoms with E-state index in [9.17, 15) is 18.0 Å². The van der Waals surface area contributed by atoms with Crippen molar-refractivity contribution >= 4 is 5.97 Å². The lowest BCUT2D eigenvalue weighted by Gasteiger charge is -2.13. The summed E-state index contributed by atoms with van der Waals surface area (Å²) in [7, 11) is 0. The molecule has 0 atom stereocenters. The first-order chi connectivity index (χ1) is 13.3. The second kappa shape index (κ2) is 7.71. The number of carbonyl (C=O) groups is 1. The van der Waals surface area contributed by atoms with Crippen LogP contribution in [0.3, 0.4) is 0 Å². The molecule has 9 heteroatoms. The van der Waals surface area contributed by atoms with E-state index >= 15 is 0 Å². The fraction of sp³-hybridized carbons (Fsp3) is 0.211. The average Bonchev–Trinajstić information content (AvgIpc) is 3.03. The third kappa shape index (κ3) is 4.30. The minimum atomic E-state index is -4.82. The number of aryl methyl sites for hydroxylation is 1. The molecule has 28 heavy (non-hydrogen) atoms. The predicted octanol–water partition coefficient (Wildman–Crippen LogP) is 4.32. The summed E-state index contributed by atoms with van der Waals surface area (Å²) < 4.78 is 48.5. The van der Waals surface area contributed by atoms with E-state index < -0.39 is 12.3 Å². The normalized spacial score (nSPS) is 11.3. The molecule has 3 aromatic rings. The Bertz CT molecular complexity index is 999. The van der Waals surface area contributed by atoms with Crippen LogP contribution in [0.4, 0.5) is 13.2 Å². The first-order valence-electron chi connectivity index (χ1n) is 8.35. The molecule has 1 aromatic carbocycles. The number of benzene rings is 1. The molecule has 2 aromatic heterocycles. The first-order valence-corrected chi connectivity index (χ1v) is 8.35. The average molecular weight is 391 g/mol. The van der Waals surface area contributed by atoms with Crippen molar-refractivity contribution in [1.82, 2.24) is 14.8 Å². The number of hydrogen-bond acceptors (Lipinski definition) is 5. The molecule has 0 aliphatic heterocycles. The van der Waals surface area contributed by atoms with Crippen LogP contribution < -0.4 is 4.74 Å². The number of alkyl halides is 3. The van der Waals surface area contributed by atoms with Crippen molar-refractivity contribution in [2.24, 2.45) is 0 Å². The van der Waals surface area contributed by atoms with E-state index in [2.05, 4.69) is 14.8 Å². The summed E-state index contributed by atoms with van der Waals surface area (Å²) in [6.45, 7) is 3.63. The number of hydrogen-bond donors (Lipinski definition) is 0. The molecular formula is C19H16F3N3O3. The molecule has 0 radical (unpaired) electrons. The maximum absolute atomic E-state index is 12.7. The number of esters is 1. The summed E-state index contributed by atoms with van der Waals surface area (Å²) in [6, 6.07) is 12.1. The van der Waals surface area contributed by atoms with Gasteiger partial charge in [0, 0.05) is 11.3 Å². The van der Waals surface area contributed by atoms with Crippen LogP contribution in [0.5, 0.6) is 5.75 Å². The minimum absolute atomic E-state index is 0.118. The van der Waals surface area contributed by atoms with E-state index in [-0.39, 0.29) is 29.3 Å². The molecule has 2 heterocycles. The van der Waals surface area contributed by atoms with Gasteiger partial charge in [0.2, 0.25) is 0 Å². The van der Waals surface area contributed by atoms with Crippen molar-refractivity contribution in [1.29, 1.82) is 0 Å². The highest BCUT2D eigenvalue weighted by molar-refractivity contribution is 5.87. The minimum Gasteiger partial charge on any atom is -0.461 e. The summed E-state index contributed by atoms with van der Waals surface area (Å²) in [4.78, 5) is 16.3. The Labute approximate surface area is 158 Å². The van der Waals surface area contributed by atoms with Gasteiger partial charge in [-0.05, 0) is 44.2 Å². The van der Waals surface area contributed by atoms with Crippen molar-refractivity contribution in [3.63, 3.8) is 0 Å². The van der Waals surface area contributed by atoms with Crippen LogP contribution in [0.15, 0.2) is 48.5 Å². The maximum Gasteiger partial charge on any atom is 0.573 e. The number of halogens is 3. The van der Waals surface area contributed by atoms with Gasteiger partial charge in [0.1, 0.15) is 5.75 Å². The van der Waals surface area contributed by atoms with Gasteiger partial charge in [-0.15, -0.1) is 13.2 Å². The molecule has 6 nitrogen and oxygen atoms in total. The molecule has 3 rings (SSSR count). The van der Waals surface area contributed by atoms with Gasteiger partial charge in [-0.3, -0.25) is 0 Å². The summed E-state index contributed by atoms with van der Waals surface area (Å²) in [5.74, 6) is -0.583. The lowest BCUT2D eigenvalue weighted by atomic mass is 10.1. The molecule has 0 N–H and O–H groups in total. The van der Waals surface area contributed by atoms with Crippen LogP contribution in [-0.2, 0) is 4.74 Å². The third-order valence-corrected chi connectivity index (χ3v) is 3.71. The summed E-state index contributed by atoms with van der Waals surface area (Å²) >= 11 is 0. The quantitative estimate of drug-likeness (QED) is 0.606. The summed E-state index contributed by atoms with van der Waals surface area (Å²) in [6.07, 6.45) is -4.82. The highest BCUT2D eigenvalue weighted by atomic mass is 19.4. The van der Waals surface area contributed by atoms with Crippen LogP contribution in [0, 0.1) is 6.92 Å². The van der Waals surface area contributed by atoms with Crippen LogP contribution in [0.2, 0.25) is 0 Å². The van der Waals surface area contributed by atoms with Gasteiger partial charge in [-0.1, -0.05) is 18.2 Å². The van der Waals surface area contributed by atoms with Gasteiger partial charge in [0.05, 0.1) is 12.3 Å². The van der Waals surface area contributed by atoms with Crippen molar-refractivity contribution in [3.05, 3.63) is 59.9 Å². The molecule has 0 unspecified atom stereocenters. The zero-order valence-corrected chi connectivity index (χ0v) is 15.0.